The number of nitrogens with zero attached hydrogens (tertiary/aromatic N) is 3. The van der Waals surface area contributed by atoms with Crippen LogP contribution in [0.2, 0.25) is 5.02 Å². The highest BCUT2D eigenvalue weighted by Crippen LogP contribution is 2.18. The summed E-state index contributed by atoms with van der Waals surface area (Å²) in [4.78, 5) is 11.8. The summed E-state index contributed by atoms with van der Waals surface area (Å²) in [5.41, 5.74) is 6.26. The van der Waals surface area contributed by atoms with Gasteiger partial charge in [-0.3, -0.25) is 4.79 Å². The van der Waals surface area contributed by atoms with E-state index < -0.39 is 11.7 Å². The number of rotatable bonds is 6. The number of hydrogen-bond acceptors (Lipinski definition) is 4. The zero-order chi connectivity index (χ0) is 15.2. The average molecular weight is 312 g/mol. The van der Waals surface area contributed by atoms with Gasteiger partial charge in [0, 0.05) is 11.2 Å². The molecule has 0 aliphatic carbocycles. The lowest BCUT2D eigenvalue weighted by atomic mass is 10.2. The molecule has 3 N–H and O–H groups in total. The normalized spacial score (nSPS) is 10.6. The van der Waals surface area contributed by atoms with Crippen molar-refractivity contribution >= 4 is 23.2 Å². The lowest BCUT2D eigenvalue weighted by molar-refractivity contribution is -0.116. The SMILES string of the molecule is NCCCc1cn(CC(=O)Nc2ccc(Cl)cc2F)nn1. The predicted octanol–water partition coefficient (Wildman–Crippen LogP) is 1.60. The minimum absolute atomic E-state index is 0.0440. The molecule has 0 saturated carbocycles. The van der Waals surface area contributed by atoms with Gasteiger partial charge in [0.1, 0.15) is 12.4 Å². The Bertz CT molecular complexity index is 631. The molecule has 0 spiro atoms. The largest absolute Gasteiger partial charge is 0.330 e. The van der Waals surface area contributed by atoms with Gasteiger partial charge in [-0.1, -0.05) is 16.8 Å². The summed E-state index contributed by atoms with van der Waals surface area (Å²) in [6.07, 6.45) is 3.19. The van der Waals surface area contributed by atoms with Gasteiger partial charge in [0.2, 0.25) is 5.91 Å². The molecule has 1 amide bonds. The van der Waals surface area contributed by atoms with E-state index in [-0.39, 0.29) is 17.3 Å². The number of aryl methyl sites for hydroxylation is 1. The molecule has 0 radical (unpaired) electrons. The standard InChI is InChI=1S/C13H15ClFN5O/c14-9-3-4-12(11(15)6-9)17-13(21)8-20-7-10(18-19-20)2-1-5-16/h3-4,6-7H,1-2,5,8,16H2,(H,17,21). The predicted molar refractivity (Wildman–Crippen MR) is 77.4 cm³/mol. The number of anilines is 1. The Balaban J connectivity index is 1.93. The van der Waals surface area contributed by atoms with Crippen LogP contribution in [0.3, 0.4) is 0 Å². The summed E-state index contributed by atoms with van der Waals surface area (Å²) in [5, 5.41) is 10.5. The maximum Gasteiger partial charge on any atom is 0.246 e. The molecule has 0 aliphatic rings. The second kappa shape index (κ2) is 7.14. The quantitative estimate of drug-likeness (QED) is 0.848. The topological polar surface area (TPSA) is 85.8 Å². The minimum atomic E-state index is -0.585. The summed E-state index contributed by atoms with van der Waals surface area (Å²) < 4.78 is 14.9. The monoisotopic (exact) mass is 311 g/mol. The van der Waals surface area contributed by atoms with E-state index in [1.807, 2.05) is 0 Å². The number of hydrogen-bond donors (Lipinski definition) is 2. The maximum atomic E-state index is 13.5. The Kier molecular flexibility index (Phi) is 5.24. The third kappa shape index (κ3) is 4.51. The Morgan fingerprint density at radius 2 is 2.29 bits per heavy atom. The van der Waals surface area contributed by atoms with E-state index in [1.165, 1.54) is 16.8 Å². The molecule has 21 heavy (non-hydrogen) atoms. The molecule has 8 heteroatoms. The van der Waals surface area contributed by atoms with Crippen LogP contribution < -0.4 is 11.1 Å². The third-order valence-electron chi connectivity index (χ3n) is 2.73. The fourth-order valence-corrected chi connectivity index (χ4v) is 1.90. The van der Waals surface area contributed by atoms with Crippen LogP contribution in [-0.4, -0.2) is 27.4 Å². The lowest BCUT2D eigenvalue weighted by Crippen LogP contribution is -2.19. The van der Waals surface area contributed by atoms with Gasteiger partial charge >= 0.3 is 0 Å². The van der Waals surface area contributed by atoms with Crippen LogP contribution in [0.1, 0.15) is 12.1 Å². The second-order valence-corrected chi connectivity index (χ2v) is 4.91. The van der Waals surface area contributed by atoms with E-state index in [1.54, 1.807) is 6.20 Å². The Morgan fingerprint density at radius 1 is 1.48 bits per heavy atom. The summed E-state index contributed by atoms with van der Waals surface area (Å²) in [6, 6.07) is 4.04. The molecule has 0 aliphatic heterocycles. The summed E-state index contributed by atoms with van der Waals surface area (Å²) in [7, 11) is 0. The van der Waals surface area contributed by atoms with Gasteiger partial charge in [0.25, 0.3) is 0 Å². The highest BCUT2D eigenvalue weighted by atomic mass is 35.5. The molecule has 1 heterocycles. The van der Waals surface area contributed by atoms with Crippen LogP contribution in [-0.2, 0) is 17.8 Å². The molecule has 0 bridgehead atoms. The highest BCUT2D eigenvalue weighted by Gasteiger charge is 2.09. The van der Waals surface area contributed by atoms with Gasteiger partial charge in [-0.25, -0.2) is 9.07 Å². The van der Waals surface area contributed by atoms with Crippen molar-refractivity contribution in [1.29, 1.82) is 0 Å². The van der Waals surface area contributed by atoms with E-state index in [2.05, 4.69) is 15.6 Å². The fraction of sp³-hybridized carbons (Fsp3) is 0.308. The first-order valence-electron chi connectivity index (χ1n) is 6.42. The number of nitrogens with one attached hydrogen (secondary N) is 1. The summed E-state index contributed by atoms with van der Waals surface area (Å²) >= 11 is 5.64. The van der Waals surface area contributed by atoms with E-state index >= 15 is 0 Å². The molecule has 1 aromatic carbocycles. The molecule has 0 atom stereocenters. The fourth-order valence-electron chi connectivity index (χ4n) is 1.74. The van der Waals surface area contributed by atoms with Crippen molar-refractivity contribution in [2.24, 2.45) is 5.73 Å². The Labute approximate surface area is 126 Å². The molecular formula is C13H15ClFN5O. The second-order valence-electron chi connectivity index (χ2n) is 4.47. The van der Waals surface area contributed by atoms with Crippen molar-refractivity contribution in [1.82, 2.24) is 15.0 Å². The van der Waals surface area contributed by atoms with Crippen LogP contribution in [0, 0.1) is 5.82 Å². The smallest absolute Gasteiger partial charge is 0.246 e. The zero-order valence-corrected chi connectivity index (χ0v) is 12.0. The first-order chi connectivity index (χ1) is 10.1. The van der Waals surface area contributed by atoms with Crippen LogP contribution >= 0.6 is 11.6 Å². The number of carbonyl (C=O) groups excluding carboxylic acids is 1. The highest BCUT2D eigenvalue weighted by molar-refractivity contribution is 6.30. The molecule has 0 saturated heterocycles. The van der Waals surface area contributed by atoms with Crippen LogP contribution in [0.25, 0.3) is 0 Å². The van der Waals surface area contributed by atoms with Gasteiger partial charge < -0.3 is 11.1 Å². The van der Waals surface area contributed by atoms with Gasteiger partial charge in [-0.2, -0.15) is 0 Å². The van der Waals surface area contributed by atoms with Crippen LogP contribution in [0.15, 0.2) is 24.4 Å². The Hall–Kier alpha value is -1.99. The van der Waals surface area contributed by atoms with Crippen molar-refractivity contribution < 1.29 is 9.18 Å². The lowest BCUT2D eigenvalue weighted by Gasteiger charge is -2.06. The van der Waals surface area contributed by atoms with Crippen LogP contribution in [0.5, 0.6) is 0 Å². The van der Waals surface area contributed by atoms with Crippen LogP contribution in [0.4, 0.5) is 10.1 Å². The number of nitrogens with two attached hydrogens (primary N) is 1. The number of amides is 1. The minimum Gasteiger partial charge on any atom is -0.330 e. The molecule has 0 unspecified atom stereocenters. The third-order valence-corrected chi connectivity index (χ3v) is 2.97. The maximum absolute atomic E-state index is 13.5. The van der Waals surface area contributed by atoms with E-state index in [0.29, 0.717) is 13.0 Å². The van der Waals surface area contributed by atoms with E-state index in [9.17, 15) is 9.18 Å². The number of halogens is 2. The van der Waals surface area contributed by atoms with Crippen molar-refractivity contribution in [3.8, 4) is 0 Å². The molecule has 2 rings (SSSR count). The summed E-state index contributed by atoms with van der Waals surface area (Å²) in [5.74, 6) is -0.982. The number of carbonyl (C=O) groups is 1. The van der Waals surface area contributed by atoms with Crippen molar-refractivity contribution in [3.63, 3.8) is 0 Å². The van der Waals surface area contributed by atoms with Gasteiger partial charge in [-0.05, 0) is 37.6 Å². The molecule has 1 aromatic heterocycles. The first kappa shape index (κ1) is 15.4. The van der Waals surface area contributed by atoms with Gasteiger partial charge in [0.05, 0.1) is 11.4 Å². The van der Waals surface area contributed by atoms with E-state index in [4.69, 9.17) is 17.3 Å². The average Bonchev–Trinajstić information content (AvgIpc) is 2.87. The molecule has 6 nitrogen and oxygen atoms in total. The van der Waals surface area contributed by atoms with Gasteiger partial charge in [0.15, 0.2) is 0 Å². The van der Waals surface area contributed by atoms with Gasteiger partial charge in [-0.15, -0.1) is 5.10 Å². The molecule has 112 valence electrons. The Morgan fingerprint density at radius 3 is 3.00 bits per heavy atom. The van der Waals surface area contributed by atoms with Crippen molar-refractivity contribution in [2.45, 2.75) is 19.4 Å². The number of benzene rings is 1. The first-order valence-corrected chi connectivity index (χ1v) is 6.80. The number of aromatic nitrogens is 3. The van der Waals surface area contributed by atoms with Crippen molar-refractivity contribution in [3.05, 3.63) is 40.9 Å². The molecular weight excluding hydrogens is 297 g/mol. The summed E-state index contributed by atoms with van der Waals surface area (Å²) in [6.45, 7) is 0.529. The molecule has 2 aromatic rings. The molecule has 0 fully saturated rings. The zero-order valence-electron chi connectivity index (χ0n) is 11.2. The van der Waals surface area contributed by atoms with E-state index in [0.717, 1.165) is 18.2 Å². The van der Waals surface area contributed by atoms with Crippen molar-refractivity contribution in [2.75, 3.05) is 11.9 Å².